The third kappa shape index (κ3) is 0.828. The maximum atomic E-state index is 8.74. The first kappa shape index (κ1) is 6.68. The van der Waals surface area contributed by atoms with Crippen LogP contribution in [-0.4, -0.2) is 0 Å². The van der Waals surface area contributed by atoms with E-state index in [9.17, 15) is 0 Å². The molecule has 0 aromatic rings. The van der Waals surface area contributed by atoms with Crippen LogP contribution < -0.4 is 0 Å². The van der Waals surface area contributed by atoms with Crippen LogP contribution in [0.3, 0.4) is 0 Å². The zero-order chi connectivity index (χ0) is 7.84. The molecule has 2 aliphatic carbocycles. The lowest BCUT2D eigenvalue weighted by Gasteiger charge is -2.18. The second-order valence-electron chi connectivity index (χ2n) is 3.71. The topological polar surface area (TPSA) is 47.6 Å². The maximum absolute atomic E-state index is 8.74. The molecule has 56 valence electrons. The molecule has 0 aromatic carbocycles. The van der Waals surface area contributed by atoms with Crippen LogP contribution in [-0.2, 0) is 0 Å². The lowest BCUT2D eigenvalue weighted by atomic mass is 9.82. The lowest BCUT2D eigenvalue weighted by Crippen LogP contribution is -2.17. The minimum absolute atomic E-state index is 0.193. The first-order valence-corrected chi connectivity index (χ1v) is 4.14. The van der Waals surface area contributed by atoms with Gasteiger partial charge in [0.15, 0.2) is 0 Å². The Balaban J connectivity index is 2.17. The number of hydrogen-bond acceptors (Lipinski definition) is 2. The Bertz CT molecular complexity index is 221. The molecule has 2 nitrogen and oxygen atoms in total. The van der Waals surface area contributed by atoms with Gasteiger partial charge < -0.3 is 0 Å². The Morgan fingerprint density at radius 3 is 1.82 bits per heavy atom. The van der Waals surface area contributed by atoms with Crippen molar-refractivity contribution in [3.63, 3.8) is 0 Å². The zero-order valence-corrected chi connectivity index (χ0v) is 6.33. The average Bonchev–Trinajstić information content (AvgIpc) is 2.60. The van der Waals surface area contributed by atoms with Gasteiger partial charge >= 0.3 is 0 Å². The van der Waals surface area contributed by atoms with Crippen LogP contribution in [0.25, 0.3) is 0 Å². The molecule has 2 saturated carbocycles. The van der Waals surface area contributed by atoms with Crippen molar-refractivity contribution in [2.24, 2.45) is 23.7 Å². The van der Waals surface area contributed by atoms with Crippen molar-refractivity contribution >= 4 is 0 Å². The van der Waals surface area contributed by atoms with Crippen LogP contribution >= 0.6 is 0 Å². The van der Waals surface area contributed by atoms with Crippen LogP contribution in [0.4, 0.5) is 0 Å². The van der Waals surface area contributed by atoms with Crippen molar-refractivity contribution in [2.45, 2.75) is 19.3 Å². The summed E-state index contributed by atoms with van der Waals surface area (Å²) in [5.41, 5.74) is 0. The molecule has 0 aliphatic heterocycles. The predicted molar refractivity (Wildman–Crippen MR) is 39.0 cm³/mol. The number of hydrogen-bond donors (Lipinski definition) is 0. The largest absolute Gasteiger partial charge is 0.198 e. The Morgan fingerprint density at radius 1 is 0.909 bits per heavy atom. The second kappa shape index (κ2) is 2.24. The Kier molecular flexibility index (Phi) is 1.36. The highest BCUT2D eigenvalue weighted by atomic mass is 14.5. The maximum Gasteiger partial charge on any atom is 0.0659 e. The van der Waals surface area contributed by atoms with Crippen LogP contribution in [0.15, 0.2) is 0 Å². The highest BCUT2D eigenvalue weighted by Gasteiger charge is 2.46. The molecule has 2 atom stereocenters. The van der Waals surface area contributed by atoms with E-state index < -0.39 is 0 Å². The molecule has 0 heterocycles. The van der Waals surface area contributed by atoms with E-state index in [-0.39, 0.29) is 11.8 Å². The third-order valence-electron chi connectivity index (χ3n) is 3.15. The first-order chi connectivity index (χ1) is 5.35. The summed E-state index contributed by atoms with van der Waals surface area (Å²) < 4.78 is 0. The molecule has 11 heavy (non-hydrogen) atoms. The van der Waals surface area contributed by atoms with Gasteiger partial charge in [-0.05, 0) is 31.1 Å². The number of nitriles is 2. The molecular formula is C9H10N2. The quantitative estimate of drug-likeness (QED) is 0.522. The molecule has 0 aromatic heterocycles. The SMILES string of the molecule is N#CC1CC2CC(C#N)C1C2. The van der Waals surface area contributed by atoms with Crippen molar-refractivity contribution in [3.05, 3.63) is 0 Å². The molecule has 0 spiro atoms. The van der Waals surface area contributed by atoms with Gasteiger partial charge in [0.1, 0.15) is 0 Å². The van der Waals surface area contributed by atoms with Crippen molar-refractivity contribution in [1.29, 1.82) is 10.5 Å². The zero-order valence-electron chi connectivity index (χ0n) is 6.33. The highest BCUT2D eigenvalue weighted by molar-refractivity contribution is 5.08. The molecule has 2 aliphatic rings. The lowest BCUT2D eigenvalue weighted by molar-refractivity contribution is 0.337. The Morgan fingerprint density at radius 2 is 1.45 bits per heavy atom. The molecule has 2 heteroatoms. The number of rotatable bonds is 0. The van der Waals surface area contributed by atoms with E-state index in [1.54, 1.807) is 0 Å². The highest BCUT2D eigenvalue weighted by Crippen LogP contribution is 2.51. The molecule has 0 amide bonds. The Hall–Kier alpha value is -1.02. The van der Waals surface area contributed by atoms with E-state index in [2.05, 4.69) is 12.1 Å². The van der Waals surface area contributed by atoms with Gasteiger partial charge in [-0.1, -0.05) is 0 Å². The van der Waals surface area contributed by atoms with E-state index in [1.165, 1.54) is 0 Å². The fourth-order valence-electron chi connectivity index (χ4n) is 2.65. The van der Waals surface area contributed by atoms with E-state index in [0.29, 0.717) is 11.8 Å². The molecule has 2 unspecified atom stereocenters. The standard InChI is InChI=1S/C9H10N2/c10-4-7-1-6-2-8(5-11)9(7)3-6/h6-9H,1-3H2. The van der Waals surface area contributed by atoms with Crippen LogP contribution in [0, 0.1) is 46.3 Å². The van der Waals surface area contributed by atoms with Gasteiger partial charge in [0.25, 0.3) is 0 Å². The Labute approximate surface area is 66.4 Å². The van der Waals surface area contributed by atoms with E-state index in [0.717, 1.165) is 19.3 Å². The van der Waals surface area contributed by atoms with Gasteiger partial charge in [-0.3, -0.25) is 0 Å². The monoisotopic (exact) mass is 146 g/mol. The summed E-state index contributed by atoms with van der Waals surface area (Å²) in [7, 11) is 0. The summed E-state index contributed by atoms with van der Waals surface area (Å²) in [6.45, 7) is 0. The van der Waals surface area contributed by atoms with Crippen LogP contribution in [0.1, 0.15) is 19.3 Å². The number of fused-ring (bicyclic) bond motifs is 2. The molecule has 0 radical (unpaired) electrons. The average molecular weight is 146 g/mol. The summed E-state index contributed by atoms with van der Waals surface area (Å²) >= 11 is 0. The molecule has 0 N–H and O–H groups in total. The number of nitrogens with zero attached hydrogens (tertiary/aromatic N) is 2. The molecule has 0 saturated heterocycles. The van der Waals surface area contributed by atoms with E-state index >= 15 is 0 Å². The van der Waals surface area contributed by atoms with Crippen LogP contribution in [0.5, 0.6) is 0 Å². The van der Waals surface area contributed by atoms with Crippen LogP contribution in [0.2, 0.25) is 0 Å². The van der Waals surface area contributed by atoms with Gasteiger partial charge in [0.2, 0.25) is 0 Å². The first-order valence-electron chi connectivity index (χ1n) is 4.14. The van der Waals surface area contributed by atoms with E-state index in [1.807, 2.05) is 0 Å². The van der Waals surface area contributed by atoms with Crippen molar-refractivity contribution in [3.8, 4) is 12.1 Å². The predicted octanol–water partition coefficient (Wildman–Crippen LogP) is 1.70. The van der Waals surface area contributed by atoms with Crippen molar-refractivity contribution < 1.29 is 0 Å². The van der Waals surface area contributed by atoms with Gasteiger partial charge in [-0.15, -0.1) is 0 Å². The molecule has 2 bridgehead atoms. The molecule has 2 rings (SSSR count). The summed E-state index contributed by atoms with van der Waals surface area (Å²) in [6.07, 6.45) is 3.25. The molecule has 2 fully saturated rings. The van der Waals surface area contributed by atoms with Gasteiger partial charge in [-0.2, -0.15) is 10.5 Å². The molecular weight excluding hydrogens is 136 g/mol. The minimum Gasteiger partial charge on any atom is -0.198 e. The summed E-state index contributed by atoms with van der Waals surface area (Å²) in [5, 5.41) is 17.5. The van der Waals surface area contributed by atoms with Gasteiger partial charge in [0, 0.05) is 0 Å². The van der Waals surface area contributed by atoms with Gasteiger partial charge in [-0.25, -0.2) is 0 Å². The van der Waals surface area contributed by atoms with Crippen molar-refractivity contribution in [2.75, 3.05) is 0 Å². The summed E-state index contributed by atoms with van der Waals surface area (Å²) in [5.74, 6) is 1.49. The summed E-state index contributed by atoms with van der Waals surface area (Å²) in [6, 6.07) is 4.62. The summed E-state index contributed by atoms with van der Waals surface area (Å²) in [4.78, 5) is 0. The van der Waals surface area contributed by atoms with Crippen molar-refractivity contribution in [1.82, 2.24) is 0 Å². The van der Waals surface area contributed by atoms with E-state index in [4.69, 9.17) is 10.5 Å². The van der Waals surface area contributed by atoms with Gasteiger partial charge in [0.05, 0.1) is 24.0 Å². The smallest absolute Gasteiger partial charge is 0.0659 e. The fourth-order valence-corrected chi connectivity index (χ4v) is 2.65. The second-order valence-corrected chi connectivity index (χ2v) is 3.71. The minimum atomic E-state index is 0.193. The normalized spacial score (nSPS) is 46.7. The fraction of sp³-hybridized carbons (Fsp3) is 0.778. The third-order valence-corrected chi connectivity index (χ3v) is 3.15.